The van der Waals surface area contributed by atoms with Crippen molar-refractivity contribution in [3.8, 4) is 0 Å². The summed E-state index contributed by atoms with van der Waals surface area (Å²) in [5.74, 6) is -0.0406. The second-order valence-electron chi connectivity index (χ2n) is 2.87. The number of aromatic nitrogens is 2. The molecule has 0 spiro atoms. The van der Waals surface area contributed by atoms with Gasteiger partial charge in [0.05, 0.1) is 11.9 Å². The summed E-state index contributed by atoms with van der Waals surface area (Å²) in [6.07, 6.45) is 2.09. The molecule has 13 heavy (non-hydrogen) atoms. The Bertz CT molecular complexity index is 397. The highest BCUT2D eigenvalue weighted by Crippen LogP contribution is 2.09. The molecule has 1 rings (SSSR count). The van der Waals surface area contributed by atoms with Crippen LogP contribution in [0.2, 0.25) is 0 Å². The molecule has 4 nitrogen and oxygen atoms in total. The molecule has 0 amide bonds. The fourth-order valence-electron chi connectivity index (χ4n) is 1.02. The molecule has 0 bridgehead atoms. The zero-order valence-corrected chi connectivity index (χ0v) is 9.06. The van der Waals surface area contributed by atoms with Crippen LogP contribution in [0.5, 0.6) is 0 Å². The standard InChI is InChI=1S/C7H11ClN2O2S/c1-6-7(5-9-10(6)2)3-4-13(8,11)12/h5H,3-4H2,1-2H3. The van der Waals surface area contributed by atoms with Crippen molar-refractivity contribution in [1.82, 2.24) is 9.78 Å². The number of nitrogens with zero attached hydrogens (tertiary/aromatic N) is 2. The molecule has 0 N–H and O–H groups in total. The van der Waals surface area contributed by atoms with E-state index in [2.05, 4.69) is 5.10 Å². The van der Waals surface area contributed by atoms with Crippen molar-refractivity contribution in [3.05, 3.63) is 17.5 Å². The van der Waals surface area contributed by atoms with Crippen LogP contribution in [0.25, 0.3) is 0 Å². The van der Waals surface area contributed by atoms with Crippen molar-refractivity contribution in [2.75, 3.05) is 5.75 Å². The Morgan fingerprint density at radius 1 is 1.62 bits per heavy atom. The third kappa shape index (κ3) is 3.00. The molecule has 0 aliphatic heterocycles. The van der Waals surface area contributed by atoms with Gasteiger partial charge in [-0.3, -0.25) is 4.68 Å². The van der Waals surface area contributed by atoms with E-state index in [1.165, 1.54) is 0 Å². The van der Waals surface area contributed by atoms with Crippen LogP contribution in [-0.4, -0.2) is 24.0 Å². The fourth-order valence-corrected chi connectivity index (χ4v) is 1.72. The molecule has 0 saturated carbocycles. The van der Waals surface area contributed by atoms with Gasteiger partial charge >= 0.3 is 0 Å². The van der Waals surface area contributed by atoms with Crippen molar-refractivity contribution in [2.45, 2.75) is 13.3 Å². The molecule has 0 fully saturated rings. The average Bonchev–Trinajstić information content (AvgIpc) is 2.29. The molecule has 1 heterocycles. The van der Waals surface area contributed by atoms with Crippen molar-refractivity contribution < 1.29 is 8.42 Å². The lowest BCUT2D eigenvalue weighted by Crippen LogP contribution is -2.02. The summed E-state index contributed by atoms with van der Waals surface area (Å²) in [7, 11) is 3.51. The van der Waals surface area contributed by atoms with E-state index in [1.807, 2.05) is 14.0 Å². The topological polar surface area (TPSA) is 52.0 Å². The lowest BCUT2D eigenvalue weighted by molar-refractivity contribution is 0.608. The molecule has 0 aliphatic rings. The van der Waals surface area contributed by atoms with E-state index in [0.29, 0.717) is 6.42 Å². The van der Waals surface area contributed by atoms with E-state index < -0.39 is 9.05 Å². The van der Waals surface area contributed by atoms with Gasteiger partial charge in [0.15, 0.2) is 0 Å². The van der Waals surface area contributed by atoms with Gasteiger partial charge in [0.25, 0.3) is 0 Å². The third-order valence-electron chi connectivity index (χ3n) is 1.95. The first-order valence-corrected chi connectivity index (χ1v) is 6.28. The SMILES string of the molecule is Cc1c(CCS(=O)(=O)Cl)cnn1C. The van der Waals surface area contributed by atoms with E-state index in [4.69, 9.17) is 10.7 Å². The molecule has 0 saturated heterocycles. The molecule has 1 aromatic heterocycles. The van der Waals surface area contributed by atoms with Crippen LogP contribution in [0.4, 0.5) is 0 Å². The number of aryl methyl sites for hydroxylation is 2. The van der Waals surface area contributed by atoms with Gasteiger partial charge in [-0.15, -0.1) is 0 Å². The van der Waals surface area contributed by atoms with Crippen LogP contribution in [0.3, 0.4) is 0 Å². The maximum absolute atomic E-state index is 10.7. The Labute approximate surface area is 81.9 Å². The first kappa shape index (κ1) is 10.5. The highest BCUT2D eigenvalue weighted by atomic mass is 35.7. The zero-order valence-electron chi connectivity index (χ0n) is 7.49. The van der Waals surface area contributed by atoms with E-state index in [1.54, 1.807) is 10.9 Å². The van der Waals surface area contributed by atoms with Gasteiger partial charge in [-0.1, -0.05) is 0 Å². The lowest BCUT2D eigenvalue weighted by Gasteiger charge is -1.97. The normalized spacial score (nSPS) is 11.9. The Hall–Kier alpha value is -0.550. The van der Waals surface area contributed by atoms with Gasteiger partial charge in [0, 0.05) is 23.4 Å². The summed E-state index contributed by atoms with van der Waals surface area (Å²) < 4.78 is 23.0. The summed E-state index contributed by atoms with van der Waals surface area (Å²) >= 11 is 0. The third-order valence-corrected chi connectivity index (χ3v) is 3.11. The fraction of sp³-hybridized carbons (Fsp3) is 0.571. The summed E-state index contributed by atoms with van der Waals surface area (Å²) in [6, 6.07) is 0. The number of rotatable bonds is 3. The van der Waals surface area contributed by atoms with E-state index in [-0.39, 0.29) is 5.75 Å². The maximum Gasteiger partial charge on any atom is 0.232 e. The predicted octanol–water partition coefficient (Wildman–Crippen LogP) is 0.840. The van der Waals surface area contributed by atoms with Crippen molar-refractivity contribution in [2.24, 2.45) is 7.05 Å². The van der Waals surface area contributed by atoms with Gasteiger partial charge in [0.1, 0.15) is 0 Å². The summed E-state index contributed by atoms with van der Waals surface area (Å²) in [6.45, 7) is 1.89. The Morgan fingerprint density at radius 2 is 2.23 bits per heavy atom. The van der Waals surface area contributed by atoms with Gasteiger partial charge in [-0.05, 0) is 18.9 Å². The minimum atomic E-state index is -3.39. The van der Waals surface area contributed by atoms with Crippen LogP contribution in [0.15, 0.2) is 6.20 Å². The molecule has 0 unspecified atom stereocenters. The summed E-state index contributed by atoms with van der Waals surface area (Å²) in [4.78, 5) is 0. The Morgan fingerprint density at radius 3 is 2.62 bits per heavy atom. The Kier molecular flexibility index (Phi) is 2.98. The van der Waals surface area contributed by atoms with Crippen molar-refractivity contribution >= 4 is 19.7 Å². The first-order chi connectivity index (χ1) is 5.90. The number of hydrogen-bond donors (Lipinski definition) is 0. The Balaban J connectivity index is 2.71. The number of halogens is 1. The average molecular weight is 223 g/mol. The summed E-state index contributed by atoms with van der Waals surface area (Å²) in [5, 5.41) is 4.00. The van der Waals surface area contributed by atoms with Gasteiger partial charge in [-0.2, -0.15) is 5.10 Å². The molecule has 0 atom stereocenters. The van der Waals surface area contributed by atoms with Gasteiger partial charge in [0.2, 0.25) is 9.05 Å². The minimum absolute atomic E-state index is 0.0406. The second-order valence-corrected chi connectivity index (χ2v) is 5.77. The van der Waals surface area contributed by atoms with E-state index in [0.717, 1.165) is 11.3 Å². The quantitative estimate of drug-likeness (QED) is 0.713. The van der Waals surface area contributed by atoms with E-state index >= 15 is 0 Å². The highest BCUT2D eigenvalue weighted by molar-refractivity contribution is 8.13. The molecular formula is C7H11ClN2O2S. The van der Waals surface area contributed by atoms with Crippen LogP contribution in [0.1, 0.15) is 11.3 Å². The van der Waals surface area contributed by atoms with E-state index in [9.17, 15) is 8.42 Å². The predicted molar refractivity (Wildman–Crippen MR) is 51.3 cm³/mol. The first-order valence-electron chi connectivity index (χ1n) is 3.80. The van der Waals surface area contributed by atoms with Crippen LogP contribution < -0.4 is 0 Å². The minimum Gasteiger partial charge on any atom is -0.273 e. The van der Waals surface area contributed by atoms with Crippen LogP contribution in [0, 0.1) is 6.92 Å². The van der Waals surface area contributed by atoms with Gasteiger partial charge in [-0.25, -0.2) is 8.42 Å². The van der Waals surface area contributed by atoms with Crippen molar-refractivity contribution in [3.63, 3.8) is 0 Å². The lowest BCUT2D eigenvalue weighted by atomic mass is 10.2. The zero-order chi connectivity index (χ0) is 10.1. The largest absolute Gasteiger partial charge is 0.273 e. The molecule has 0 aromatic carbocycles. The molecule has 0 aliphatic carbocycles. The molecule has 1 aromatic rings. The second kappa shape index (κ2) is 3.67. The highest BCUT2D eigenvalue weighted by Gasteiger charge is 2.09. The molecular weight excluding hydrogens is 212 g/mol. The van der Waals surface area contributed by atoms with Crippen LogP contribution >= 0.6 is 10.7 Å². The smallest absolute Gasteiger partial charge is 0.232 e. The monoisotopic (exact) mass is 222 g/mol. The molecule has 74 valence electrons. The van der Waals surface area contributed by atoms with Crippen LogP contribution in [-0.2, 0) is 22.5 Å². The molecule has 6 heteroatoms. The molecule has 0 radical (unpaired) electrons. The number of hydrogen-bond acceptors (Lipinski definition) is 3. The van der Waals surface area contributed by atoms with Gasteiger partial charge < -0.3 is 0 Å². The maximum atomic E-state index is 10.7. The summed E-state index contributed by atoms with van der Waals surface area (Å²) in [5.41, 5.74) is 1.90. The van der Waals surface area contributed by atoms with Crippen molar-refractivity contribution in [1.29, 1.82) is 0 Å².